The van der Waals surface area contributed by atoms with E-state index in [1.54, 1.807) is 0 Å². The summed E-state index contributed by atoms with van der Waals surface area (Å²) in [5.41, 5.74) is 16.4. The van der Waals surface area contributed by atoms with E-state index in [9.17, 15) is 23.7 Å². The Morgan fingerprint density at radius 1 is 1.33 bits per heavy atom. The van der Waals surface area contributed by atoms with Gasteiger partial charge in [-0.2, -0.15) is 4.98 Å². The minimum Gasteiger partial charge on any atom is -0.393 e. The van der Waals surface area contributed by atoms with E-state index in [2.05, 4.69) is 42.5 Å². The first-order valence-electron chi connectivity index (χ1n) is 13.0. The zero-order valence-electron chi connectivity index (χ0n) is 23.5. The number of thiol groups is 1. The number of hydrazine groups is 1. The standard InChI is InChI=1S/C19H29FN12O9P2S3/c1-6(31(24)15-10(21)14(22)25-5-26-15)39-8-3-37-43(36,45)41-13-12(33)9(4-38-42(35,44)40-7(8)2-20)46-18(13)32-16-11(29-30-32)17(34)28-19(23)27-16/h5-9,12-13,18,33H,2-4,21,24H2,1H3,(H,35,44)(H,36,45)(H2,22,25,26)(H3,23,27,28,34)/t6-,7+,8-,9-,12-,13-,18-,42?,43?/m1/s1. The smallest absolute Gasteiger partial charge is 0.386 e. The highest BCUT2D eigenvalue weighted by molar-refractivity contribution is 8.44. The highest BCUT2D eigenvalue weighted by atomic mass is 32.7. The highest BCUT2D eigenvalue weighted by Crippen LogP contribution is 2.58. The second-order valence-electron chi connectivity index (χ2n) is 9.79. The van der Waals surface area contributed by atoms with Crippen LogP contribution >= 0.6 is 37.5 Å². The predicted molar refractivity (Wildman–Crippen MR) is 169 cm³/mol. The van der Waals surface area contributed by atoms with Crippen molar-refractivity contribution in [2.24, 2.45) is 5.84 Å². The molecule has 0 saturated carbocycles. The lowest BCUT2D eigenvalue weighted by Gasteiger charge is -2.34. The number of anilines is 4. The Bertz CT molecular complexity index is 1740. The molecule has 5 heterocycles. The van der Waals surface area contributed by atoms with Crippen LogP contribution in [0.15, 0.2) is 11.1 Å². The van der Waals surface area contributed by atoms with Gasteiger partial charge in [0, 0.05) is 0 Å². The van der Waals surface area contributed by atoms with Crippen molar-refractivity contribution < 1.29 is 41.8 Å². The molecule has 2 unspecified atom stereocenters. The van der Waals surface area contributed by atoms with Crippen LogP contribution < -0.4 is 33.6 Å². The van der Waals surface area contributed by atoms with Crippen molar-refractivity contribution in [3.05, 3.63) is 16.7 Å². The van der Waals surface area contributed by atoms with Crippen molar-refractivity contribution >= 4 is 83.8 Å². The number of rotatable bonds is 6. The van der Waals surface area contributed by atoms with Crippen LogP contribution in [0.3, 0.4) is 0 Å². The molecule has 9 atom stereocenters. The molecule has 3 aromatic rings. The number of H-pyrrole nitrogens is 1. The van der Waals surface area contributed by atoms with Crippen LogP contribution in [0.5, 0.6) is 0 Å². The van der Waals surface area contributed by atoms with Crippen LogP contribution in [0.1, 0.15) is 12.3 Å². The normalized spacial score (nSPS) is 33.2. The number of alkyl halides is 1. The summed E-state index contributed by atoms with van der Waals surface area (Å²) in [6.45, 7) is -9.72. The van der Waals surface area contributed by atoms with Gasteiger partial charge in [-0.05, 0) is 18.7 Å². The topological polar surface area (TPSA) is 313 Å². The number of thioether (sulfide) groups is 1. The molecule has 0 aromatic carbocycles. The van der Waals surface area contributed by atoms with Gasteiger partial charge in [0.25, 0.3) is 5.56 Å². The van der Waals surface area contributed by atoms with Gasteiger partial charge in [0.15, 0.2) is 22.8 Å². The molecule has 2 fully saturated rings. The van der Waals surface area contributed by atoms with Crippen molar-refractivity contribution in [2.75, 3.05) is 42.1 Å². The monoisotopic (exact) mass is 746 g/mol. The fourth-order valence-corrected chi connectivity index (χ4v) is 9.01. The van der Waals surface area contributed by atoms with Crippen LogP contribution in [-0.4, -0.2) is 101 Å². The summed E-state index contributed by atoms with van der Waals surface area (Å²) in [5.74, 6) is 5.80. The lowest BCUT2D eigenvalue weighted by Crippen LogP contribution is -2.48. The number of aromatic nitrogens is 7. The van der Waals surface area contributed by atoms with Crippen molar-refractivity contribution in [1.29, 1.82) is 0 Å². The third-order valence-electron chi connectivity index (χ3n) is 6.70. The van der Waals surface area contributed by atoms with Crippen molar-refractivity contribution in [1.82, 2.24) is 34.9 Å². The molecule has 11 N–H and O–H groups in total. The molecule has 46 heavy (non-hydrogen) atoms. The maximum Gasteiger partial charge on any atom is 0.386 e. The van der Waals surface area contributed by atoms with E-state index in [1.165, 1.54) is 6.92 Å². The highest BCUT2D eigenvalue weighted by Gasteiger charge is 2.50. The SMILES string of the molecule is C[C@@H](O[C@@H]1COP(O)(=S)O[C@@H]2[C@H](O)[C@@H](COP(=O)(S)O[C@H]1CF)S[C@H]2n1nnc2c(=O)[nH]c(N)nc21)N(N)c1ncnc(N)c1N. The maximum absolute atomic E-state index is 14.4. The van der Waals surface area contributed by atoms with E-state index in [1.807, 2.05) is 0 Å². The van der Waals surface area contributed by atoms with E-state index >= 15 is 0 Å². The summed E-state index contributed by atoms with van der Waals surface area (Å²) in [6.07, 6.45) is -6.06. The quantitative estimate of drug-likeness (QED) is 0.0502. The Morgan fingerprint density at radius 3 is 2.78 bits per heavy atom. The number of fused-ring (bicyclic) bond motifs is 3. The Kier molecular flexibility index (Phi) is 10.4. The maximum atomic E-state index is 14.4. The number of nitrogen functional groups attached to an aromatic ring is 3. The number of aromatic amines is 1. The number of nitrogens with zero attached hydrogens (tertiary/aromatic N) is 7. The van der Waals surface area contributed by atoms with Gasteiger partial charge in [-0.25, -0.2) is 29.4 Å². The Balaban J connectivity index is 1.45. The summed E-state index contributed by atoms with van der Waals surface area (Å²) >= 11 is 10.2. The number of nitrogens with two attached hydrogens (primary N) is 4. The fourth-order valence-electron chi connectivity index (χ4n) is 4.44. The van der Waals surface area contributed by atoms with E-state index < -0.39 is 80.2 Å². The van der Waals surface area contributed by atoms with Crippen molar-refractivity contribution in [2.45, 2.75) is 48.2 Å². The molecule has 5 rings (SSSR count). The summed E-state index contributed by atoms with van der Waals surface area (Å²) in [4.78, 5) is 37.5. The second kappa shape index (κ2) is 13.7. The van der Waals surface area contributed by atoms with Gasteiger partial charge in [0.2, 0.25) is 5.95 Å². The first-order chi connectivity index (χ1) is 21.6. The Hall–Kier alpha value is -2.25. The van der Waals surface area contributed by atoms with Crippen LogP contribution in [0.4, 0.5) is 27.7 Å². The molecule has 2 saturated heterocycles. The number of ether oxygens (including phenoxy) is 1. The summed E-state index contributed by atoms with van der Waals surface area (Å²) < 4.78 is 56.8. The Morgan fingerprint density at radius 2 is 2.07 bits per heavy atom. The third kappa shape index (κ3) is 7.41. The predicted octanol–water partition coefficient (Wildman–Crippen LogP) is -0.821. The largest absolute Gasteiger partial charge is 0.393 e. The number of aliphatic hydroxyl groups is 1. The van der Waals surface area contributed by atoms with Crippen LogP contribution in [-0.2, 0) is 39.2 Å². The zero-order valence-corrected chi connectivity index (χ0v) is 27.8. The molecule has 0 spiro atoms. The summed E-state index contributed by atoms with van der Waals surface area (Å²) in [5, 5.41) is 18.0. The van der Waals surface area contributed by atoms with Gasteiger partial charge in [-0.1, -0.05) is 17.5 Å². The molecule has 0 radical (unpaired) electrons. The van der Waals surface area contributed by atoms with Gasteiger partial charge >= 0.3 is 13.5 Å². The minimum absolute atomic E-state index is 0.0329. The molecule has 0 aliphatic carbocycles. The van der Waals surface area contributed by atoms with Crippen LogP contribution in [0, 0.1) is 0 Å². The number of hydrogen-bond acceptors (Lipinski definition) is 20. The first kappa shape index (κ1) is 35.1. The number of nitrogens with one attached hydrogen (secondary N) is 1. The van der Waals surface area contributed by atoms with Crippen LogP contribution in [0.25, 0.3) is 11.2 Å². The van der Waals surface area contributed by atoms with Gasteiger partial charge < -0.3 is 36.5 Å². The van der Waals surface area contributed by atoms with E-state index in [-0.39, 0.29) is 34.4 Å². The lowest BCUT2D eigenvalue weighted by molar-refractivity contribution is -0.0896. The zero-order chi connectivity index (χ0) is 33.6. The van der Waals surface area contributed by atoms with Gasteiger partial charge in [-0.15, -0.1) is 16.9 Å². The molecule has 27 heteroatoms. The molecule has 2 aliphatic heterocycles. The van der Waals surface area contributed by atoms with E-state index in [0.29, 0.717) is 0 Å². The van der Waals surface area contributed by atoms with Crippen molar-refractivity contribution in [3.8, 4) is 0 Å². The van der Waals surface area contributed by atoms with Gasteiger partial charge in [0.1, 0.15) is 48.6 Å². The fraction of sp³-hybridized carbons (Fsp3) is 0.579. The van der Waals surface area contributed by atoms with E-state index in [0.717, 1.165) is 27.8 Å². The Labute approximate surface area is 272 Å². The second-order valence-corrected chi connectivity index (χ2v) is 16.8. The number of aliphatic hydroxyl groups excluding tert-OH is 1. The average Bonchev–Trinajstić information content (AvgIpc) is 3.54. The third-order valence-corrected chi connectivity index (χ3v) is 11.4. The molecule has 21 nitrogen and oxygen atoms in total. The number of halogens is 1. The number of hydrogen-bond donors (Lipinski definition) is 8. The van der Waals surface area contributed by atoms with Crippen LogP contribution in [0.2, 0.25) is 0 Å². The molecular weight excluding hydrogens is 717 g/mol. The molecule has 254 valence electrons. The lowest BCUT2D eigenvalue weighted by atomic mass is 10.1. The molecular formula is C19H29FN12O9P2S3. The van der Waals surface area contributed by atoms with Gasteiger partial charge in [-0.3, -0.25) is 28.4 Å². The summed E-state index contributed by atoms with van der Waals surface area (Å²) in [7, 11) is 0. The minimum atomic E-state index is -4.36. The van der Waals surface area contributed by atoms with Crippen molar-refractivity contribution in [3.63, 3.8) is 0 Å². The average molecular weight is 747 g/mol. The molecule has 2 bridgehead atoms. The molecule has 3 aromatic heterocycles. The summed E-state index contributed by atoms with van der Waals surface area (Å²) in [6, 6.07) is 0. The van der Waals surface area contributed by atoms with E-state index in [4.69, 9.17) is 57.7 Å². The molecule has 2 aliphatic rings. The first-order valence-corrected chi connectivity index (χ1v) is 19.2. The molecule has 0 amide bonds. The van der Waals surface area contributed by atoms with Gasteiger partial charge in [0.05, 0.1) is 24.6 Å².